The zero-order valence-electron chi connectivity index (χ0n) is 13.0. The molecule has 2 aliphatic rings. The maximum atomic E-state index is 13.3. The van der Waals surface area contributed by atoms with E-state index in [1.54, 1.807) is 18.6 Å². The maximum absolute atomic E-state index is 13.3. The second-order valence-corrected chi connectivity index (χ2v) is 7.15. The molecule has 0 radical (unpaired) electrons. The van der Waals surface area contributed by atoms with Gasteiger partial charge in [-0.15, -0.1) is 0 Å². The van der Waals surface area contributed by atoms with Gasteiger partial charge in [-0.3, -0.25) is 0 Å². The fourth-order valence-electron chi connectivity index (χ4n) is 3.91. The standard InChI is InChI=1S/C17H18ClF2N3O/c18-15-2-1-11-13-8-21-9-23(13)12(16(11)22-15)7-14(24)10-3-5-17(19,20)6-4-10/h1-2,8-10,12,14,24H,3-7H2. The molecule has 1 saturated carbocycles. The minimum absolute atomic E-state index is 0.0974. The van der Waals surface area contributed by atoms with Crippen LogP contribution in [0.3, 0.4) is 0 Å². The first-order chi connectivity index (χ1) is 11.4. The lowest BCUT2D eigenvalue weighted by atomic mass is 9.81. The minimum atomic E-state index is -2.58. The van der Waals surface area contributed by atoms with Gasteiger partial charge in [0.15, 0.2) is 0 Å². The van der Waals surface area contributed by atoms with Gasteiger partial charge >= 0.3 is 0 Å². The lowest BCUT2D eigenvalue weighted by Crippen LogP contribution is -2.32. The molecule has 0 saturated heterocycles. The third-order valence-electron chi connectivity index (χ3n) is 5.25. The normalized spacial score (nSPS) is 23.8. The summed E-state index contributed by atoms with van der Waals surface area (Å²) in [4.78, 5) is 8.60. The highest BCUT2D eigenvalue weighted by Gasteiger charge is 2.39. The summed E-state index contributed by atoms with van der Waals surface area (Å²) in [6.45, 7) is 0. The fraction of sp³-hybridized carbons (Fsp3) is 0.529. The van der Waals surface area contributed by atoms with Crippen LogP contribution in [0.15, 0.2) is 24.7 Å². The smallest absolute Gasteiger partial charge is 0.248 e. The van der Waals surface area contributed by atoms with Gasteiger partial charge in [-0.25, -0.2) is 18.7 Å². The van der Waals surface area contributed by atoms with Crippen molar-refractivity contribution >= 4 is 11.6 Å². The second kappa shape index (κ2) is 5.77. The average molecular weight is 354 g/mol. The zero-order chi connectivity index (χ0) is 16.9. The fourth-order valence-corrected chi connectivity index (χ4v) is 4.06. The van der Waals surface area contributed by atoms with Crippen molar-refractivity contribution in [2.75, 3.05) is 0 Å². The number of aromatic nitrogens is 3. The Labute approximate surface area is 143 Å². The molecule has 1 fully saturated rings. The van der Waals surface area contributed by atoms with Gasteiger partial charge in [0.1, 0.15) is 5.15 Å². The Bertz CT molecular complexity index is 754. The summed E-state index contributed by atoms with van der Waals surface area (Å²) in [6.07, 6.45) is 3.69. The van der Waals surface area contributed by atoms with Crippen molar-refractivity contribution in [2.24, 2.45) is 5.92 Å². The van der Waals surface area contributed by atoms with Gasteiger partial charge in [0, 0.05) is 24.8 Å². The van der Waals surface area contributed by atoms with Crippen molar-refractivity contribution in [3.63, 3.8) is 0 Å². The van der Waals surface area contributed by atoms with E-state index in [1.807, 2.05) is 10.6 Å². The summed E-state index contributed by atoms with van der Waals surface area (Å²) in [5.41, 5.74) is 2.73. The largest absolute Gasteiger partial charge is 0.393 e. The second-order valence-electron chi connectivity index (χ2n) is 6.77. The van der Waals surface area contributed by atoms with Crippen LogP contribution in [0.1, 0.15) is 43.8 Å². The molecule has 2 unspecified atom stereocenters. The predicted octanol–water partition coefficient (Wildman–Crippen LogP) is 4.08. The lowest BCUT2D eigenvalue weighted by Gasteiger charge is -2.32. The van der Waals surface area contributed by atoms with Gasteiger partial charge in [0.2, 0.25) is 5.92 Å². The molecule has 0 aromatic carbocycles. The van der Waals surface area contributed by atoms with E-state index >= 15 is 0 Å². The van der Waals surface area contributed by atoms with Gasteiger partial charge in [-0.1, -0.05) is 11.6 Å². The number of nitrogens with zero attached hydrogens (tertiary/aromatic N) is 3. The lowest BCUT2D eigenvalue weighted by molar-refractivity contribution is -0.0639. The van der Waals surface area contributed by atoms with Crippen LogP contribution >= 0.6 is 11.6 Å². The topological polar surface area (TPSA) is 50.9 Å². The number of hydrogen-bond acceptors (Lipinski definition) is 3. The Balaban J connectivity index is 1.56. The third-order valence-corrected chi connectivity index (χ3v) is 5.47. The molecule has 1 aliphatic heterocycles. The molecule has 1 aliphatic carbocycles. The first-order valence-corrected chi connectivity index (χ1v) is 8.57. The Morgan fingerprint density at radius 2 is 2.08 bits per heavy atom. The molecule has 1 N–H and O–H groups in total. The van der Waals surface area contributed by atoms with Crippen LogP contribution in [-0.4, -0.2) is 31.7 Å². The quantitative estimate of drug-likeness (QED) is 0.846. The van der Waals surface area contributed by atoms with E-state index in [2.05, 4.69) is 9.97 Å². The van der Waals surface area contributed by atoms with Gasteiger partial charge < -0.3 is 9.67 Å². The summed E-state index contributed by atoms with van der Waals surface area (Å²) in [5.74, 6) is -2.68. The van der Waals surface area contributed by atoms with Crippen molar-refractivity contribution in [1.82, 2.24) is 14.5 Å². The maximum Gasteiger partial charge on any atom is 0.248 e. The summed E-state index contributed by atoms with van der Waals surface area (Å²) >= 11 is 6.03. The molecule has 128 valence electrons. The number of rotatable bonds is 3. The molecular formula is C17H18ClF2N3O. The molecule has 3 heterocycles. The number of imidazole rings is 1. The number of aliphatic hydroxyl groups is 1. The van der Waals surface area contributed by atoms with Gasteiger partial charge in [0.25, 0.3) is 0 Å². The van der Waals surface area contributed by atoms with Crippen LogP contribution < -0.4 is 0 Å². The average Bonchev–Trinajstić information content (AvgIpc) is 3.10. The van der Waals surface area contributed by atoms with Crippen LogP contribution in [0.4, 0.5) is 8.78 Å². The van der Waals surface area contributed by atoms with E-state index in [0.29, 0.717) is 24.4 Å². The highest BCUT2D eigenvalue weighted by Crippen LogP contribution is 2.43. The van der Waals surface area contributed by atoms with Crippen molar-refractivity contribution in [1.29, 1.82) is 0 Å². The van der Waals surface area contributed by atoms with E-state index in [-0.39, 0.29) is 24.8 Å². The van der Waals surface area contributed by atoms with Crippen LogP contribution in [0.25, 0.3) is 11.3 Å². The number of alkyl halides is 2. The molecule has 2 atom stereocenters. The molecule has 0 amide bonds. The molecule has 4 rings (SSSR count). The molecule has 2 aromatic rings. The Hall–Kier alpha value is -1.53. The molecule has 0 spiro atoms. The monoisotopic (exact) mass is 353 g/mol. The van der Waals surface area contributed by atoms with Gasteiger partial charge in [-0.2, -0.15) is 0 Å². The minimum Gasteiger partial charge on any atom is -0.393 e. The number of aliphatic hydroxyl groups excluding tert-OH is 1. The number of hydrogen-bond donors (Lipinski definition) is 1. The van der Waals surface area contributed by atoms with Crippen molar-refractivity contribution in [3.8, 4) is 11.3 Å². The van der Waals surface area contributed by atoms with Crippen molar-refractivity contribution < 1.29 is 13.9 Å². The van der Waals surface area contributed by atoms with Crippen LogP contribution in [-0.2, 0) is 0 Å². The Morgan fingerprint density at radius 3 is 2.83 bits per heavy atom. The molecular weight excluding hydrogens is 336 g/mol. The summed E-state index contributed by atoms with van der Waals surface area (Å²) < 4.78 is 28.6. The molecule has 0 bridgehead atoms. The first-order valence-electron chi connectivity index (χ1n) is 8.19. The van der Waals surface area contributed by atoms with E-state index in [1.165, 1.54) is 0 Å². The molecule has 4 nitrogen and oxygen atoms in total. The van der Waals surface area contributed by atoms with E-state index in [0.717, 1.165) is 17.0 Å². The summed E-state index contributed by atoms with van der Waals surface area (Å²) in [5, 5.41) is 11.0. The van der Waals surface area contributed by atoms with Crippen LogP contribution in [0, 0.1) is 5.92 Å². The van der Waals surface area contributed by atoms with E-state index in [9.17, 15) is 13.9 Å². The summed E-state index contributed by atoms with van der Waals surface area (Å²) in [7, 11) is 0. The molecule has 7 heteroatoms. The van der Waals surface area contributed by atoms with Crippen molar-refractivity contribution in [2.45, 2.75) is 50.2 Å². The van der Waals surface area contributed by atoms with Crippen LogP contribution in [0.5, 0.6) is 0 Å². The van der Waals surface area contributed by atoms with Crippen molar-refractivity contribution in [3.05, 3.63) is 35.5 Å². The molecule has 2 aromatic heterocycles. The third kappa shape index (κ3) is 2.71. The zero-order valence-corrected chi connectivity index (χ0v) is 13.8. The van der Waals surface area contributed by atoms with Crippen LogP contribution in [0.2, 0.25) is 5.15 Å². The van der Waals surface area contributed by atoms with E-state index < -0.39 is 12.0 Å². The summed E-state index contributed by atoms with van der Waals surface area (Å²) in [6, 6.07) is 3.49. The first kappa shape index (κ1) is 16.0. The van der Waals surface area contributed by atoms with Gasteiger partial charge in [0.05, 0.1) is 36.1 Å². The number of halogens is 3. The van der Waals surface area contributed by atoms with Gasteiger partial charge in [-0.05, 0) is 30.9 Å². The highest BCUT2D eigenvalue weighted by molar-refractivity contribution is 6.29. The predicted molar refractivity (Wildman–Crippen MR) is 86.1 cm³/mol. The van der Waals surface area contributed by atoms with E-state index in [4.69, 9.17) is 11.6 Å². The SMILES string of the molecule is OC(CC1c2nc(Cl)ccc2-c2cncn21)C1CCC(F)(F)CC1. The Kier molecular flexibility index (Phi) is 3.84. The highest BCUT2D eigenvalue weighted by atomic mass is 35.5. The number of pyridine rings is 1. The Morgan fingerprint density at radius 1 is 1.33 bits per heavy atom. The number of fused-ring (bicyclic) bond motifs is 3. The molecule has 24 heavy (non-hydrogen) atoms.